The Kier molecular flexibility index (Phi) is 3.31. The first-order valence-electron chi connectivity index (χ1n) is 6.17. The monoisotopic (exact) mass is 280 g/mol. The molecule has 4 heteroatoms. The van der Waals surface area contributed by atoms with Gasteiger partial charge in [-0.3, -0.25) is 0 Å². The molecule has 0 unspecified atom stereocenters. The molecule has 2 nitrogen and oxygen atoms in total. The van der Waals surface area contributed by atoms with E-state index >= 15 is 0 Å². The van der Waals surface area contributed by atoms with Crippen molar-refractivity contribution in [2.75, 3.05) is 13.2 Å². The number of ether oxygens (including phenoxy) is 2. The minimum atomic E-state index is 0.675. The average Bonchev–Trinajstić information content (AvgIpc) is 2.92. The van der Waals surface area contributed by atoms with Gasteiger partial charge in [0.25, 0.3) is 0 Å². The second-order valence-electron chi connectivity index (χ2n) is 4.45. The predicted octanol–water partition coefficient (Wildman–Crippen LogP) is 3.98. The zero-order chi connectivity index (χ0) is 12.5. The largest absolute Gasteiger partial charge is 0.485 e. The normalized spacial score (nSPS) is 13.9. The van der Waals surface area contributed by atoms with Crippen LogP contribution in [-0.4, -0.2) is 13.2 Å². The number of fused-ring (bicyclic) bond motifs is 1. The molecule has 0 amide bonds. The van der Waals surface area contributed by atoms with Gasteiger partial charge in [0.05, 0.1) is 4.88 Å². The maximum absolute atomic E-state index is 5.76. The molecule has 96 valence electrons. The molecule has 0 radical (unpaired) electrons. The number of hydrogen-bond acceptors (Lipinski definition) is 4. The highest BCUT2D eigenvalue weighted by molar-refractivity contribution is 7.13. The molecule has 0 atom stereocenters. The van der Waals surface area contributed by atoms with E-state index in [1.165, 1.54) is 19.5 Å². The fraction of sp³-hybridized carbons (Fsp3) is 0.429. The Bertz CT molecular complexity index is 554. The van der Waals surface area contributed by atoms with Crippen LogP contribution in [0.2, 0.25) is 0 Å². The molecule has 0 saturated heterocycles. The van der Waals surface area contributed by atoms with Crippen LogP contribution in [0.4, 0.5) is 0 Å². The second kappa shape index (κ2) is 4.94. The van der Waals surface area contributed by atoms with Crippen molar-refractivity contribution in [3.8, 4) is 11.5 Å². The van der Waals surface area contributed by atoms with E-state index < -0.39 is 0 Å². The van der Waals surface area contributed by atoms with Gasteiger partial charge in [0.15, 0.2) is 11.5 Å². The van der Waals surface area contributed by atoms with E-state index in [9.17, 15) is 0 Å². The first-order chi connectivity index (χ1) is 8.74. The summed E-state index contributed by atoms with van der Waals surface area (Å²) in [5, 5.41) is 0. The van der Waals surface area contributed by atoms with Gasteiger partial charge < -0.3 is 9.47 Å². The van der Waals surface area contributed by atoms with Gasteiger partial charge in [-0.25, -0.2) is 0 Å². The van der Waals surface area contributed by atoms with Crippen LogP contribution in [0.3, 0.4) is 0 Å². The fourth-order valence-corrected chi connectivity index (χ4v) is 4.14. The zero-order valence-electron chi connectivity index (χ0n) is 10.6. The number of hydrogen-bond donors (Lipinski definition) is 0. The summed E-state index contributed by atoms with van der Waals surface area (Å²) in [7, 11) is 0. The third kappa shape index (κ3) is 2.27. The van der Waals surface area contributed by atoms with Crippen molar-refractivity contribution in [3.05, 3.63) is 31.6 Å². The van der Waals surface area contributed by atoms with Crippen molar-refractivity contribution in [3.63, 3.8) is 0 Å². The maximum atomic E-state index is 5.76. The van der Waals surface area contributed by atoms with Gasteiger partial charge in [0, 0.05) is 14.6 Å². The summed E-state index contributed by atoms with van der Waals surface area (Å²) < 4.78 is 11.4. The molecule has 0 fully saturated rings. The Morgan fingerprint density at radius 2 is 1.78 bits per heavy atom. The van der Waals surface area contributed by atoms with Crippen molar-refractivity contribution in [2.45, 2.75) is 26.7 Å². The van der Waals surface area contributed by atoms with E-state index in [4.69, 9.17) is 9.47 Å². The first kappa shape index (κ1) is 12.1. The molecule has 3 rings (SSSR count). The molecule has 2 aromatic heterocycles. The van der Waals surface area contributed by atoms with E-state index in [2.05, 4.69) is 26.0 Å². The topological polar surface area (TPSA) is 18.5 Å². The summed E-state index contributed by atoms with van der Waals surface area (Å²) in [6.45, 7) is 5.61. The van der Waals surface area contributed by atoms with Gasteiger partial charge in [-0.2, -0.15) is 0 Å². The summed E-state index contributed by atoms with van der Waals surface area (Å²) in [6, 6.07) is 4.42. The highest BCUT2D eigenvalue weighted by Crippen LogP contribution is 2.44. The molecule has 0 aromatic carbocycles. The van der Waals surface area contributed by atoms with E-state index in [1.807, 2.05) is 22.7 Å². The third-order valence-electron chi connectivity index (χ3n) is 3.03. The molecule has 1 aliphatic rings. The van der Waals surface area contributed by atoms with Crippen molar-refractivity contribution in [1.29, 1.82) is 0 Å². The van der Waals surface area contributed by atoms with E-state index in [-0.39, 0.29) is 0 Å². The number of rotatable bonds is 3. The number of thiophene rings is 2. The minimum Gasteiger partial charge on any atom is -0.485 e. The molecule has 2 aromatic rings. The Morgan fingerprint density at radius 1 is 1.00 bits per heavy atom. The predicted molar refractivity (Wildman–Crippen MR) is 76.5 cm³/mol. The lowest BCUT2D eigenvalue weighted by atomic mass is 10.2. The Hall–Kier alpha value is -1.00. The lowest BCUT2D eigenvalue weighted by Crippen LogP contribution is -2.15. The van der Waals surface area contributed by atoms with E-state index in [1.54, 1.807) is 0 Å². The lowest BCUT2D eigenvalue weighted by molar-refractivity contribution is 0.171. The Balaban J connectivity index is 1.76. The van der Waals surface area contributed by atoms with Gasteiger partial charge >= 0.3 is 0 Å². The molecular formula is C14H16O2S2. The lowest BCUT2D eigenvalue weighted by Gasteiger charge is -2.16. The minimum absolute atomic E-state index is 0.675. The average molecular weight is 280 g/mol. The van der Waals surface area contributed by atoms with Gasteiger partial charge in [-0.1, -0.05) is 0 Å². The number of aryl methyl sites for hydroxylation is 4. The molecule has 3 heterocycles. The quantitative estimate of drug-likeness (QED) is 0.846. The second-order valence-corrected chi connectivity index (χ2v) is 7.13. The van der Waals surface area contributed by atoms with Crippen LogP contribution in [0.5, 0.6) is 11.5 Å². The van der Waals surface area contributed by atoms with E-state index in [0.29, 0.717) is 13.2 Å². The highest BCUT2D eigenvalue weighted by atomic mass is 32.1. The summed E-state index contributed by atoms with van der Waals surface area (Å²) >= 11 is 3.69. The fourth-order valence-electron chi connectivity index (χ4n) is 2.19. The van der Waals surface area contributed by atoms with Crippen molar-refractivity contribution >= 4 is 22.7 Å². The smallest absolute Gasteiger partial charge is 0.175 e. The SMILES string of the molecule is Cc1ccc(CCc2sc(C)c3c2OCCO3)s1. The molecule has 18 heavy (non-hydrogen) atoms. The molecular weight excluding hydrogens is 264 g/mol. The van der Waals surface area contributed by atoms with Crippen LogP contribution in [0.15, 0.2) is 12.1 Å². The van der Waals surface area contributed by atoms with Crippen LogP contribution in [0.1, 0.15) is 19.5 Å². The molecule has 0 bridgehead atoms. The summed E-state index contributed by atoms with van der Waals surface area (Å²) in [4.78, 5) is 5.40. The molecule has 0 N–H and O–H groups in total. The van der Waals surface area contributed by atoms with Crippen LogP contribution in [0.25, 0.3) is 0 Å². The van der Waals surface area contributed by atoms with E-state index in [0.717, 1.165) is 24.3 Å². The standard InChI is InChI=1S/C14H16O2S2/c1-9-3-4-11(17-9)5-6-12-14-13(10(2)18-12)15-7-8-16-14/h3-4H,5-8H2,1-2H3. The van der Waals surface area contributed by atoms with Crippen LogP contribution >= 0.6 is 22.7 Å². The molecule has 0 spiro atoms. The Labute approximate surface area is 115 Å². The Morgan fingerprint density at radius 3 is 2.50 bits per heavy atom. The van der Waals surface area contributed by atoms with Crippen LogP contribution < -0.4 is 9.47 Å². The van der Waals surface area contributed by atoms with Crippen molar-refractivity contribution in [1.82, 2.24) is 0 Å². The maximum Gasteiger partial charge on any atom is 0.175 e. The highest BCUT2D eigenvalue weighted by Gasteiger charge is 2.21. The van der Waals surface area contributed by atoms with Crippen LogP contribution in [-0.2, 0) is 12.8 Å². The van der Waals surface area contributed by atoms with Gasteiger partial charge in [-0.15, -0.1) is 22.7 Å². The summed E-state index contributed by atoms with van der Waals surface area (Å²) in [5.74, 6) is 1.97. The van der Waals surface area contributed by atoms with Crippen molar-refractivity contribution in [2.24, 2.45) is 0 Å². The van der Waals surface area contributed by atoms with Gasteiger partial charge in [-0.05, 0) is 38.8 Å². The van der Waals surface area contributed by atoms with Crippen LogP contribution in [0, 0.1) is 13.8 Å². The molecule has 1 aliphatic heterocycles. The summed E-state index contributed by atoms with van der Waals surface area (Å²) in [5.41, 5.74) is 0. The van der Waals surface area contributed by atoms with Gasteiger partial charge in [0.1, 0.15) is 13.2 Å². The third-order valence-corrected chi connectivity index (χ3v) is 5.21. The zero-order valence-corrected chi connectivity index (χ0v) is 12.2. The first-order valence-corrected chi connectivity index (χ1v) is 7.80. The molecule has 0 saturated carbocycles. The van der Waals surface area contributed by atoms with Gasteiger partial charge in [0.2, 0.25) is 0 Å². The molecule has 0 aliphatic carbocycles. The van der Waals surface area contributed by atoms with Crippen molar-refractivity contribution < 1.29 is 9.47 Å². The summed E-state index contributed by atoms with van der Waals surface area (Å²) in [6.07, 6.45) is 2.14.